The quantitative estimate of drug-likeness (QED) is 0.897. The highest BCUT2D eigenvalue weighted by Crippen LogP contribution is 2.26. The zero-order valence-electron chi connectivity index (χ0n) is 12.5. The lowest BCUT2D eigenvalue weighted by atomic mass is 10.1. The first-order chi connectivity index (χ1) is 10.2. The fraction of sp³-hybridized carbons (Fsp3) is 0.562. The molecule has 2 N–H and O–H groups in total. The van der Waals surface area contributed by atoms with E-state index in [4.69, 9.17) is 11.6 Å². The normalized spacial score (nSPS) is 23.7. The maximum absolute atomic E-state index is 6.17. The Morgan fingerprint density at radius 3 is 2.90 bits per heavy atom. The highest BCUT2D eigenvalue weighted by atomic mass is 35.5. The van der Waals surface area contributed by atoms with Gasteiger partial charge in [-0.25, -0.2) is 0 Å². The van der Waals surface area contributed by atoms with Crippen LogP contribution in [0.3, 0.4) is 0 Å². The van der Waals surface area contributed by atoms with Crippen molar-refractivity contribution < 1.29 is 0 Å². The summed E-state index contributed by atoms with van der Waals surface area (Å²) in [4.78, 5) is 7.02. The van der Waals surface area contributed by atoms with Crippen molar-refractivity contribution in [3.63, 3.8) is 0 Å². The van der Waals surface area contributed by atoms with E-state index in [-0.39, 0.29) is 0 Å². The molecule has 4 nitrogen and oxygen atoms in total. The van der Waals surface area contributed by atoms with Crippen LogP contribution in [0.15, 0.2) is 29.3 Å². The number of rotatable bonds is 4. The average molecular weight is 307 g/mol. The van der Waals surface area contributed by atoms with E-state index in [0.717, 1.165) is 37.2 Å². The molecule has 1 fully saturated rings. The van der Waals surface area contributed by atoms with Crippen molar-refractivity contribution >= 4 is 17.6 Å². The second kappa shape index (κ2) is 6.67. The Labute approximate surface area is 131 Å². The molecule has 2 atom stereocenters. The van der Waals surface area contributed by atoms with Crippen molar-refractivity contribution in [2.24, 2.45) is 4.99 Å². The number of hydrogen-bond acceptors (Lipinski definition) is 4. The van der Waals surface area contributed by atoms with Gasteiger partial charge >= 0.3 is 0 Å². The second-order valence-corrected chi connectivity index (χ2v) is 6.37. The SMILES string of the molecule is CC1CN=C(NCC(c2cccc(Cl)c2)N2CCCC2)N1. The van der Waals surface area contributed by atoms with Crippen LogP contribution in [0.25, 0.3) is 0 Å². The van der Waals surface area contributed by atoms with Crippen LogP contribution in [0, 0.1) is 0 Å². The van der Waals surface area contributed by atoms with E-state index in [2.05, 4.69) is 39.6 Å². The average Bonchev–Trinajstić information content (AvgIpc) is 3.11. The fourth-order valence-corrected chi connectivity index (χ4v) is 3.28. The monoisotopic (exact) mass is 306 g/mol. The first-order valence-corrected chi connectivity index (χ1v) is 8.14. The topological polar surface area (TPSA) is 39.7 Å². The number of hydrogen-bond donors (Lipinski definition) is 2. The van der Waals surface area contributed by atoms with Crippen molar-refractivity contribution in [2.75, 3.05) is 26.2 Å². The zero-order valence-corrected chi connectivity index (χ0v) is 13.2. The first kappa shape index (κ1) is 14.7. The molecule has 1 aromatic rings. The van der Waals surface area contributed by atoms with Gasteiger partial charge in [-0.15, -0.1) is 0 Å². The maximum Gasteiger partial charge on any atom is 0.191 e. The summed E-state index contributed by atoms with van der Waals surface area (Å²) in [6.45, 7) is 6.18. The Kier molecular flexibility index (Phi) is 4.66. The molecule has 2 aliphatic heterocycles. The lowest BCUT2D eigenvalue weighted by Crippen LogP contribution is -2.42. The Hall–Kier alpha value is -1.26. The third kappa shape index (κ3) is 3.69. The van der Waals surface area contributed by atoms with Gasteiger partial charge in [-0.2, -0.15) is 0 Å². The Morgan fingerprint density at radius 2 is 2.24 bits per heavy atom. The molecule has 1 aromatic carbocycles. The third-order valence-corrected chi connectivity index (χ3v) is 4.42. The molecular weight excluding hydrogens is 284 g/mol. The smallest absolute Gasteiger partial charge is 0.191 e. The van der Waals surface area contributed by atoms with Gasteiger partial charge in [0.1, 0.15) is 0 Å². The fourth-order valence-electron chi connectivity index (χ4n) is 3.08. The lowest BCUT2D eigenvalue weighted by molar-refractivity contribution is 0.245. The number of nitrogens with one attached hydrogen (secondary N) is 2. The predicted molar refractivity (Wildman–Crippen MR) is 87.9 cm³/mol. The molecular formula is C16H23ClN4. The van der Waals surface area contributed by atoms with Crippen molar-refractivity contribution in [2.45, 2.75) is 31.8 Å². The third-order valence-electron chi connectivity index (χ3n) is 4.18. The molecule has 0 radical (unpaired) electrons. The van der Waals surface area contributed by atoms with Gasteiger partial charge in [0.15, 0.2) is 5.96 Å². The van der Waals surface area contributed by atoms with Gasteiger partial charge in [0.25, 0.3) is 0 Å². The van der Waals surface area contributed by atoms with Gasteiger partial charge in [0.05, 0.1) is 12.6 Å². The highest BCUT2D eigenvalue weighted by Gasteiger charge is 2.24. The number of benzene rings is 1. The van der Waals surface area contributed by atoms with Gasteiger partial charge in [0, 0.05) is 17.6 Å². The molecule has 0 amide bonds. The Bertz CT molecular complexity index is 511. The first-order valence-electron chi connectivity index (χ1n) is 7.77. The Morgan fingerprint density at radius 1 is 1.43 bits per heavy atom. The van der Waals surface area contributed by atoms with Crippen LogP contribution in [0.4, 0.5) is 0 Å². The lowest BCUT2D eigenvalue weighted by Gasteiger charge is -2.28. The Balaban J connectivity index is 1.70. The summed E-state index contributed by atoms with van der Waals surface area (Å²) in [7, 11) is 0. The number of nitrogens with zero attached hydrogens (tertiary/aromatic N) is 2. The molecule has 114 valence electrons. The van der Waals surface area contributed by atoms with Crippen molar-refractivity contribution in [1.82, 2.24) is 15.5 Å². The van der Waals surface area contributed by atoms with Crippen LogP contribution in [0.1, 0.15) is 31.4 Å². The molecule has 0 bridgehead atoms. The zero-order chi connectivity index (χ0) is 14.7. The van der Waals surface area contributed by atoms with Crippen molar-refractivity contribution in [3.05, 3.63) is 34.9 Å². The van der Waals surface area contributed by atoms with E-state index in [1.165, 1.54) is 18.4 Å². The highest BCUT2D eigenvalue weighted by molar-refractivity contribution is 6.30. The minimum absolute atomic E-state index is 0.353. The summed E-state index contributed by atoms with van der Waals surface area (Å²) in [6.07, 6.45) is 2.57. The number of guanidine groups is 1. The molecule has 3 rings (SSSR count). The molecule has 0 aromatic heterocycles. The van der Waals surface area contributed by atoms with E-state index in [1.807, 2.05) is 12.1 Å². The van der Waals surface area contributed by atoms with Gasteiger partial charge in [-0.1, -0.05) is 23.7 Å². The largest absolute Gasteiger partial charge is 0.354 e. The summed E-state index contributed by atoms with van der Waals surface area (Å²) in [6, 6.07) is 9.01. The summed E-state index contributed by atoms with van der Waals surface area (Å²) in [5.74, 6) is 0.925. The van der Waals surface area contributed by atoms with Crippen LogP contribution in [-0.2, 0) is 0 Å². The summed E-state index contributed by atoms with van der Waals surface area (Å²) < 4.78 is 0. The molecule has 21 heavy (non-hydrogen) atoms. The summed E-state index contributed by atoms with van der Waals surface area (Å²) in [5.41, 5.74) is 1.28. The molecule has 2 aliphatic rings. The van der Waals surface area contributed by atoms with Gasteiger partial charge in [-0.05, 0) is 50.6 Å². The maximum atomic E-state index is 6.17. The molecule has 2 heterocycles. The summed E-state index contributed by atoms with van der Waals surface area (Å²) >= 11 is 6.17. The van der Waals surface area contributed by atoms with Gasteiger partial charge in [0.2, 0.25) is 0 Å². The summed E-state index contributed by atoms with van der Waals surface area (Å²) in [5, 5.41) is 7.63. The molecule has 0 saturated carbocycles. The van der Waals surface area contributed by atoms with Crippen LogP contribution in [-0.4, -0.2) is 43.1 Å². The number of likely N-dealkylation sites (tertiary alicyclic amines) is 1. The minimum Gasteiger partial charge on any atom is -0.354 e. The van der Waals surface area contributed by atoms with E-state index < -0.39 is 0 Å². The molecule has 1 saturated heterocycles. The van der Waals surface area contributed by atoms with Crippen LogP contribution in [0.5, 0.6) is 0 Å². The van der Waals surface area contributed by atoms with Gasteiger partial charge in [-0.3, -0.25) is 9.89 Å². The number of aliphatic imine (C=N–C) groups is 1. The van der Waals surface area contributed by atoms with Crippen LogP contribution in [0.2, 0.25) is 5.02 Å². The van der Waals surface area contributed by atoms with E-state index in [1.54, 1.807) is 0 Å². The van der Waals surface area contributed by atoms with Gasteiger partial charge < -0.3 is 10.6 Å². The van der Waals surface area contributed by atoms with E-state index >= 15 is 0 Å². The molecule has 5 heteroatoms. The number of halogens is 1. The van der Waals surface area contributed by atoms with Crippen LogP contribution < -0.4 is 10.6 Å². The van der Waals surface area contributed by atoms with Crippen molar-refractivity contribution in [1.29, 1.82) is 0 Å². The van der Waals surface area contributed by atoms with E-state index in [0.29, 0.717) is 12.1 Å². The minimum atomic E-state index is 0.353. The predicted octanol–water partition coefficient (Wildman–Crippen LogP) is 2.41. The van der Waals surface area contributed by atoms with Crippen LogP contribution >= 0.6 is 11.6 Å². The van der Waals surface area contributed by atoms with Crippen molar-refractivity contribution in [3.8, 4) is 0 Å². The van der Waals surface area contributed by atoms with E-state index in [9.17, 15) is 0 Å². The second-order valence-electron chi connectivity index (χ2n) is 5.93. The molecule has 0 aliphatic carbocycles. The molecule has 2 unspecified atom stereocenters. The standard InChI is InChI=1S/C16H23ClN4/c1-12-10-18-16(20-12)19-11-15(21-7-2-3-8-21)13-5-4-6-14(17)9-13/h4-6,9,12,15H,2-3,7-8,10-11H2,1H3,(H2,18,19,20). The molecule has 0 spiro atoms.